The molecule has 0 N–H and O–H groups in total. The molecule has 84 valence electrons. The number of hydrogen-bond acceptors (Lipinski definition) is 4. The Hall–Kier alpha value is -1.60. The molecule has 0 spiro atoms. The lowest BCUT2D eigenvalue weighted by molar-refractivity contribution is -0.00804. The van der Waals surface area contributed by atoms with Gasteiger partial charge in [-0.1, -0.05) is 0 Å². The summed E-state index contributed by atoms with van der Waals surface area (Å²) in [6, 6.07) is 0. The molecule has 15 heavy (non-hydrogen) atoms. The highest BCUT2D eigenvalue weighted by Crippen LogP contribution is 2.15. The predicted octanol–water partition coefficient (Wildman–Crippen LogP) is 1.19. The van der Waals surface area contributed by atoms with E-state index in [1.165, 1.54) is 0 Å². The molecule has 0 fully saturated rings. The summed E-state index contributed by atoms with van der Waals surface area (Å²) in [4.78, 5) is 11.1. The quantitative estimate of drug-likeness (QED) is 0.719. The first-order valence-electron chi connectivity index (χ1n) is 4.07. The summed E-state index contributed by atoms with van der Waals surface area (Å²) < 4.78 is 40.9. The Bertz CT molecular complexity index is 342. The number of alkyl halides is 3. The van der Waals surface area contributed by atoms with E-state index in [1.807, 2.05) is 0 Å². The van der Waals surface area contributed by atoms with Crippen molar-refractivity contribution in [2.75, 3.05) is 6.61 Å². The van der Waals surface area contributed by atoms with Crippen LogP contribution in [0.15, 0.2) is 6.20 Å². The first-order valence-corrected chi connectivity index (χ1v) is 4.07. The van der Waals surface area contributed by atoms with Crippen molar-refractivity contribution < 1.29 is 22.7 Å². The second kappa shape index (κ2) is 4.76. The minimum Gasteiger partial charge on any atom is -0.461 e. The molecule has 1 unspecified atom stereocenters. The summed E-state index contributed by atoms with van der Waals surface area (Å²) in [6.07, 6.45) is -5.03. The van der Waals surface area contributed by atoms with E-state index in [0.717, 1.165) is 6.20 Å². The molecule has 0 radical (unpaired) electrons. The van der Waals surface area contributed by atoms with Gasteiger partial charge in [-0.05, 0) is 6.92 Å². The average Bonchev–Trinajstić information content (AvgIpc) is 2.65. The maximum Gasteiger partial charge on any atom is 0.360 e. The summed E-state index contributed by atoms with van der Waals surface area (Å²) in [7, 11) is 0. The molecule has 0 bridgehead atoms. The fraction of sp³-hybridized carbons (Fsp3) is 0.571. The van der Waals surface area contributed by atoms with E-state index in [2.05, 4.69) is 14.9 Å². The maximum absolute atomic E-state index is 12.7. The summed E-state index contributed by atoms with van der Waals surface area (Å²) in [5, 5.41) is 6.42. The average molecular weight is 223 g/mol. The minimum atomic E-state index is -3.24. The number of aromatic nitrogens is 3. The van der Waals surface area contributed by atoms with Gasteiger partial charge in [0.15, 0.2) is 5.69 Å². The van der Waals surface area contributed by atoms with Crippen molar-refractivity contribution in [2.45, 2.75) is 19.6 Å². The van der Waals surface area contributed by atoms with Crippen molar-refractivity contribution in [3.8, 4) is 0 Å². The molecule has 1 heterocycles. The van der Waals surface area contributed by atoms with Crippen LogP contribution in [-0.4, -0.2) is 34.0 Å². The third-order valence-corrected chi connectivity index (χ3v) is 1.42. The Morgan fingerprint density at radius 3 is 2.80 bits per heavy atom. The van der Waals surface area contributed by atoms with Crippen molar-refractivity contribution >= 4 is 5.97 Å². The highest BCUT2D eigenvalue weighted by Gasteiger charge is 2.24. The third-order valence-electron chi connectivity index (χ3n) is 1.42. The zero-order chi connectivity index (χ0) is 11.4. The monoisotopic (exact) mass is 223 g/mol. The number of rotatable bonds is 4. The molecule has 5 nitrogen and oxygen atoms in total. The Balaban J connectivity index is 2.76. The van der Waals surface area contributed by atoms with Crippen LogP contribution in [0, 0.1) is 0 Å². The van der Waals surface area contributed by atoms with Gasteiger partial charge in [0, 0.05) is 0 Å². The van der Waals surface area contributed by atoms with E-state index in [0.29, 0.717) is 0 Å². The molecule has 8 heteroatoms. The fourth-order valence-corrected chi connectivity index (χ4v) is 0.794. The fourth-order valence-electron chi connectivity index (χ4n) is 0.794. The second-order valence-electron chi connectivity index (χ2n) is 2.48. The van der Waals surface area contributed by atoms with E-state index in [4.69, 9.17) is 0 Å². The summed E-state index contributed by atoms with van der Waals surface area (Å²) in [5.41, 5.74) is -0.305. The van der Waals surface area contributed by atoms with Crippen molar-refractivity contribution in [2.24, 2.45) is 0 Å². The summed E-state index contributed by atoms with van der Waals surface area (Å²) in [5.74, 6) is -0.829. The van der Waals surface area contributed by atoms with Crippen LogP contribution < -0.4 is 0 Å². The van der Waals surface area contributed by atoms with Gasteiger partial charge in [0.2, 0.25) is 0 Å². The van der Waals surface area contributed by atoms with E-state index < -0.39 is 18.7 Å². The normalized spacial score (nSPS) is 12.9. The highest BCUT2D eigenvalue weighted by molar-refractivity contribution is 5.86. The van der Waals surface area contributed by atoms with Crippen LogP contribution in [0.2, 0.25) is 0 Å². The predicted molar refractivity (Wildman–Crippen MR) is 42.1 cm³/mol. The second-order valence-corrected chi connectivity index (χ2v) is 2.48. The van der Waals surface area contributed by atoms with E-state index >= 15 is 0 Å². The number of esters is 1. The van der Waals surface area contributed by atoms with Gasteiger partial charge in [0.05, 0.1) is 12.8 Å². The molecule has 0 saturated carbocycles. The lowest BCUT2D eigenvalue weighted by atomic mass is 10.5. The molecular formula is C7H8F3N3O2. The SMILES string of the molecule is CCOC(=O)c1cnn(C(F)C(F)F)n1. The Kier molecular flexibility index (Phi) is 3.64. The van der Waals surface area contributed by atoms with Crippen molar-refractivity contribution in [1.29, 1.82) is 0 Å². The van der Waals surface area contributed by atoms with Crippen LogP contribution in [-0.2, 0) is 4.74 Å². The van der Waals surface area contributed by atoms with Crippen LogP contribution >= 0.6 is 0 Å². The number of hydrogen-bond donors (Lipinski definition) is 0. The summed E-state index contributed by atoms with van der Waals surface area (Å²) in [6.45, 7) is 1.68. The standard InChI is InChI=1S/C7H8F3N3O2/c1-2-15-7(14)4-3-11-13(12-4)6(10)5(8)9/h3,5-6H,2H2,1H3. The first kappa shape index (κ1) is 11.5. The van der Waals surface area contributed by atoms with Gasteiger partial charge >= 0.3 is 5.97 Å². The lowest BCUT2D eigenvalue weighted by Crippen LogP contribution is -2.16. The van der Waals surface area contributed by atoms with Gasteiger partial charge in [-0.15, -0.1) is 9.90 Å². The van der Waals surface area contributed by atoms with Crippen LogP contribution in [0.4, 0.5) is 13.2 Å². The van der Waals surface area contributed by atoms with Crippen LogP contribution in [0.25, 0.3) is 0 Å². The Labute approximate surface area is 82.8 Å². The largest absolute Gasteiger partial charge is 0.461 e. The molecule has 0 saturated heterocycles. The molecule has 1 atom stereocenters. The molecule has 1 rings (SSSR count). The minimum absolute atomic E-state index is 0.111. The van der Waals surface area contributed by atoms with Gasteiger partial charge in [0.1, 0.15) is 0 Å². The lowest BCUT2D eigenvalue weighted by Gasteiger charge is -2.04. The zero-order valence-electron chi connectivity index (χ0n) is 7.73. The number of carbonyl (C=O) groups is 1. The number of nitrogens with zero attached hydrogens (tertiary/aromatic N) is 3. The van der Waals surface area contributed by atoms with E-state index in [-0.39, 0.29) is 17.1 Å². The topological polar surface area (TPSA) is 57.0 Å². The molecule has 0 amide bonds. The molecule has 1 aromatic heterocycles. The molecular weight excluding hydrogens is 215 g/mol. The number of halogens is 3. The van der Waals surface area contributed by atoms with Gasteiger partial charge in [0.25, 0.3) is 12.7 Å². The molecule has 0 aromatic carbocycles. The third kappa shape index (κ3) is 2.67. The Morgan fingerprint density at radius 1 is 1.60 bits per heavy atom. The maximum atomic E-state index is 12.7. The first-order chi connectivity index (χ1) is 7.06. The van der Waals surface area contributed by atoms with E-state index in [1.54, 1.807) is 6.92 Å². The molecule has 1 aromatic rings. The summed E-state index contributed by atoms with van der Waals surface area (Å²) >= 11 is 0. The highest BCUT2D eigenvalue weighted by atomic mass is 19.3. The molecule has 0 aliphatic rings. The van der Waals surface area contributed by atoms with Crippen molar-refractivity contribution in [1.82, 2.24) is 15.0 Å². The number of ether oxygens (including phenoxy) is 1. The number of carbonyl (C=O) groups excluding carboxylic acids is 1. The van der Waals surface area contributed by atoms with Crippen LogP contribution in [0.1, 0.15) is 23.7 Å². The zero-order valence-corrected chi connectivity index (χ0v) is 7.73. The van der Waals surface area contributed by atoms with E-state index in [9.17, 15) is 18.0 Å². The van der Waals surface area contributed by atoms with Crippen LogP contribution in [0.3, 0.4) is 0 Å². The van der Waals surface area contributed by atoms with Crippen LogP contribution in [0.5, 0.6) is 0 Å². The van der Waals surface area contributed by atoms with Crippen molar-refractivity contribution in [3.05, 3.63) is 11.9 Å². The van der Waals surface area contributed by atoms with Gasteiger partial charge in [-0.3, -0.25) is 0 Å². The van der Waals surface area contributed by atoms with Crippen molar-refractivity contribution in [3.63, 3.8) is 0 Å². The molecule has 0 aliphatic heterocycles. The Morgan fingerprint density at radius 2 is 2.27 bits per heavy atom. The van der Waals surface area contributed by atoms with Gasteiger partial charge in [-0.2, -0.15) is 5.10 Å². The van der Waals surface area contributed by atoms with Gasteiger partial charge < -0.3 is 4.74 Å². The van der Waals surface area contributed by atoms with Gasteiger partial charge in [-0.25, -0.2) is 18.0 Å². The molecule has 0 aliphatic carbocycles. The smallest absolute Gasteiger partial charge is 0.360 e.